The van der Waals surface area contributed by atoms with Crippen molar-refractivity contribution in [1.29, 1.82) is 0 Å². The van der Waals surface area contributed by atoms with Gasteiger partial charge in [-0.1, -0.05) is 20.8 Å². The second-order valence-electron chi connectivity index (χ2n) is 7.24. The average molecular weight is 286 g/mol. The zero-order chi connectivity index (χ0) is 14.8. The second-order valence-corrected chi connectivity index (χ2v) is 7.24. The van der Waals surface area contributed by atoms with E-state index in [1.165, 1.54) is 12.8 Å². The molecule has 0 radical (unpaired) electrons. The Labute approximate surface area is 124 Å². The molecule has 2 bridgehead atoms. The molecule has 21 heavy (non-hydrogen) atoms. The number of nitrogens with two attached hydrogens (primary N) is 1. The van der Waals surface area contributed by atoms with Crippen LogP contribution in [0.2, 0.25) is 0 Å². The van der Waals surface area contributed by atoms with Gasteiger partial charge in [0.25, 0.3) is 0 Å². The SMILES string of the molecule is CC1C(Nc2nc(N)nc3nc[nH]c23)C[C@H]2C[C@@H]1C2(C)C. The number of fused-ring (bicyclic) bond motifs is 3. The Bertz CT molecular complexity index is 691. The van der Waals surface area contributed by atoms with Gasteiger partial charge in [-0.3, -0.25) is 0 Å². The van der Waals surface area contributed by atoms with E-state index in [-0.39, 0.29) is 5.95 Å². The van der Waals surface area contributed by atoms with Crippen LogP contribution in [0.15, 0.2) is 6.33 Å². The minimum Gasteiger partial charge on any atom is -0.368 e. The molecule has 0 saturated heterocycles. The number of aromatic amines is 1. The van der Waals surface area contributed by atoms with Gasteiger partial charge in [-0.2, -0.15) is 9.97 Å². The van der Waals surface area contributed by atoms with E-state index >= 15 is 0 Å². The lowest BCUT2D eigenvalue weighted by Crippen LogP contribution is -2.58. The van der Waals surface area contributed by atoms with E-state index in [1.54, 1.807) is 6.33 Å². The molecule has 0 aliphatic heterocycles. The third-order valence-electron chi connectivity index (χ3n) is 5.98. The van der Waals surface area contributed by atoms with Crippen molar-refractivity contribution >= 4 is 22.9 Å². The van der Waals surface area contributed by atoms with Crippen LogP contribution in [0.3, 0.4) is 0 Å². The van der Waals surface area contributed by atoms with Crippen LogP contribution in [-0.2, 0) is 0 Å². The van der Waals surface area contributed by atoms with Crippen LogP contribution in [0.4, 0.5) is 11.8 Å². The first-order valence-electron chi connectivity index (χ1n) is 7.70. The Morgan fingerprint density at radius 2 is 2.14 bits per heavy atom. The maximum Gasteiger partial charge on any atom is 0.224 e. The summed E-state index contributed by atoms with van der Waals surface area (Å²) in [6.45, 7) is 7.18. The van der Waals surface area contributed by atoms with Crippen LogP contribution in [0.1, 0.15) is 33.6 Å². The summed E-state index contributed by atoms with van der Waals surface area (Å²) in [6, 6.07) is 0.447. The van der Waals surface area contributed by atoms with Crippen LogP contribution in [-0.4, -0.2) is 26.0 Å². The normalized spacial score (nSPS) is 33.7. The lowest BCUT2D eigenvalue weighted by molar-refractivity contribution is -0.105. The largest absolute Gasteiger partial charge is 0.368 e. The first kappa shape index (κ1) is 12.9. The number of rotatable bonds is 2. The van der Waals surface area contributed by atoms with E-state index in [2.05, 4.69) is 46.0 Å². The monoisotopic (exact) mass is 286 g/mol. The van der Waals surface area contributed by atoms with Gasteiger partial charge in [0.15, 0.2) is 11.5 Å². The first-order chi connectivity index (χ1) is 9.96. The number of nitrogen functional groups attached to an aromatic ring is 1. The van der Waals surface area contributed by atoms with Crippen LogP contribution >= 0.6 is 0 Å². The van der Waals surface area contributed by atoms with E-state index in [9.17, 15) is 0 Å². The van der Waals surface area contributed by atoms with Crippen molar-refractivity contribution in [3.8, 4) is 0 Å². The Kier molecular flexibility index (Phi) is 2.50. The fourth-order valence-corrected chi connectivity index (χ4v) is 4.47. The van der Waals surface area contributed by atoms with Crippen molar-refractivity contribution in [2.75, 3.05) is 11.1 Å². The summed E-state index contributed by atoms with van der Waals surface area (Å²) in [5.74, 6) is 3.30. The summed E-state index contributed by atoms with van der Waals surface area (Å²) in [5.41, 5.74) is 7.74. The van der Waals surface area contributed by atoms with E-state index in [0.717, 1.165) is 23.2 Å². The number of nitrogens with one attached hydrogen (secondary N) is 2. The van der Waals surface area contributed by atoms with Gasteiger partial charge >= 0.3 is 0 Å². The molecule has 3 aliphatic rings. The number of hydrogen-bond donors (Lipinski definition) is 3. The number of H-pyrrole nitrogens is 1. The van der Waals surface area contributed by atoms with Gasteiger partial charge < -0.3 is 16.0 Å². The zero-order valence-corrected chi connectivity index (χ0v) is 12.7. The summed E-state index contributed by atoms with van der Waals surface area (Å²) >= 11 is 0. The Balaban J connectivity index is 1.63. The van der Waals surface area contributed by atoms with E-state index in [1.807, 2.05) is 0 Å². The third kappa shape index (κ3) is 1.74. The molecule has 6 nitrogen and oxygen atoms in total. The summed E-state index contributed by atoms with van der Waals surface area (Å²) in [5, 5.41) is 3.60. The zero-order valence-electron chi connectivity index (χ0n) is 12.7. The molecule has 2 unspecified atom stereocenters. The smallest absolute Gasteiger partial charge is 0.224 e. The fraction of sp³-hybridized carbons (Fsp3) is 0.667. The molecular weight excluding hydrogens is 264 g/mol. The fourth-order valence-electron chi connectivity index (χ4n) is 4.47. The summed E-state index contributed by atoms with van der Waals surface area (Å²) < 4.78 is 0. The van der Waals surface area contributed by atoms with Crippen LogP contribution < -0.4 is 11.1 Å². The minimum atomic E-state index is 0.269. The number of hydrogen-bond acceptors (Lipinski definition) is 5. The quantitative estimate of drug-likeness (QED) is 0.788. The molecule has 0 amide bonds. The van der Waals surface area contributed by atoms with Crippen molar-refractivity contribution in [2.45, 2.75) is 39.7 Å². The van der Waals surface area contributed by atoms with Gasteiger partial charge in [0.05, 0.1) is 6.33 Å². The van der Waals surface area contributed by atoms with Gasteiger partial charge in [0.2, 0.25) is 5.95 Å². The highest BCUT2D eigenvalue weighted by Crippen LogP contribution is 2.61. The molecule has 5 rings (SSSR count). The van der Waals surface area contributed by atoms with E-state index in [0.29, 0.717) is 23.0 Å². The van der Waals surface area contributed by atoms with Crippen molar-refractivity contribution in [3.63, 3.8) is 0 Å². The lowest BCUT2D eigenvalue weighted by atomic mass is 9.45. The average Bonchev–Trinajstić information content (AvgIpc) is 2.88. The molecule has 6 heteroatoms. The molecule has 3 aliphatic carbocycles. The molecule has 3 fully saturated rings. The second kappa shape index (κ2) is 4.08. The van der Waals surface area contributed by atoms with Crippen LogP contribution in [0, 0.1) is 23.2 Å². The maximum atomic E-state index is 5.79. The van der Waals surface area contributed by atoms with Crippen LogP contribution in [0.5, 0.6) is 0 Å². The molecule has 4 atom stereocenters. The van der Waals surface area contributed by atoms with Crippen molar-refractivity contribution in [3.05, 3.63) is 6.33 Å². The molecule has 2 heterocycles. The summed E-state index contributed by atoms with van der Waals surface area (Å²) in [4.78, 5) is 15.8. The predicted molar refractivity (Wildman–Crippen MR) is 82.7 cm³/mol. The highest BCUT2D eigenvalue weighted by molar-refractivity contribution is 5.83. The highest BCUT2D eigenvalue weighted by Gasteiger charge is 2.56. The van der Waals surface area contributed by atoms with Gasteiger partial charge in [-0.15, -0.1) is 0 Å². The molecule has 0 spiro atoms. The Hall–Kier alpha value is -1.85. The number of anilines is 2. The van der Waals surface area contributed by atoms with E-state index in [4.69, 9.17) is 5.73 Å². The first-order valence-corrected chi connectivity index (χ1v) is 7.70. The van der Waals surface area contributed by atoms with E-state index < -0.39 is 0 Å². The van der Waals surface area contributed by atoms with Crippen molar-refractivity contribution in [1.82, 2.24) is 19.9 Å². The molecule has 3 saturated carbocycles. The minimum absolute atomic E-state index is 0.269. The lowest BCUT2D eigenvalue weighted by Gasteiger charge is -2.62. The Morgan fingerprint density at radius 1 is 1.33 bits per heavy atom. The molecule has 4 N–H and O–H groups in total. The third-order valence-corrected chi connectivity index (χ3v) is 5.98. The topological polar surface area (TPSA) is 92.5 Å². The molecule has 0 aromatic carbocycles. The molecular formula is C15H22N6. The van der Waals surface area contributed by atoms with Gasteiger partial charge in [0.1, 0.15) is 5.52 Å². The Morgan fingerprint density at radius 3 is 2.86 bits per heavy atom. The van der Waals surface area contributed by atoms with Crippen LogP contribution in [0.25, 0.3) is 11.2 Å². The van der Waals surface area contributed by atoms with Crippen molar-refractivity contribution in [2.24, 2.45) is 23.2 Å². The number of aromatic nitrogens is 4. The number of nitrogens with zero attached hydrogens (tertiary/aromatic N) is 3. The highest BCUT2D eigenvalue weighted by atomic mass is 15.1. The predicted octanol–water partition coefficient (Wildman–Crippen LogP) is 2.42. The van der Waals surface area contributed by atoms with Gasteiger partial charge in [-0.05, 0) is 36.0 Å². The molecule has 2 aromatic rings. The number of imidazole rings is 1. The van der Waals surface area contributed by atoms with Crippen molar-refractivity contribution < 1.29 is 0 Å². The van der Waals surface area contributed by atoms with Gasteiger partial charge in [0, 0.05) is 6.04 Å². The molecule has 112 valence electrons. The van der Waals surface area contributed by atoms with Gasteiger partial charge in [-0.25, -0.2) is 4.98 Å². The maximum absolute atomic E-state index is 5.79. The standard InChI is InChI=1S/C15H22N6/c1-7-9-4-8(15(9,2)3)5-10(7)19-13-11-12(18-6-17-11)20-14(16)21-13/h6-10H,4-5H2,1-3H3,(H4,16,17,18,19,20,21)/t7?,8-,9+,10?/m1/s1. The summed E-state index contributed by atoms with van der Waals surface area (Å²) in [7, 11) is 0. The molecule has 2 aromatic heterocycles. The summed E-state index contributed by atoms with van der Waals surface area (Å²) in [6.07, 6.45) is 4.21.